The Hall–Kier alpha value is -0.440. The van der Waals surface area contributed by atoms with Gasteiger partial charge in [-0.3, -0.25) is 0 Å². The molecule has 2 rings (SSSR count). The second-order valence-electron chi connectivity index (χ2n) is 2.35. The summed E-state index contributed by atoms with van der Waals surface area (Å²) in [6, 6.07) is 0. The third kappa shape index (κ3) is 0.758. The molecule has 0 unspecified atom stereocenters. The number of aromatic nitrogens is 2. The van der Waals surface area contributed by atoms with Crippen molar-refractivity contribution >= 4 is 12.6 Å². The van der Waals surface area contributed by atoms with E-state index in [9.17, 15) is 0 Å². The molecule has 1 aliphatic heterocycles. The van der Waals surface area contributed by atoms with Crippen molar-refractivity contribution in [3.05, 3.63) is 18.2 Å². The third-order valence-corrected chi connectivity index (χ3v) is 1.97. The molecule has 1 atom stereocenters. The lowest BCUT2D eigenvalue weighted by Crippen LogP contribution is -1.98. The van der Waals surface area contributed by atoms with Gasteiger partial charge in [-0.15, -0.1) is 0 Å². The van der Waals surface area contributed by atoms with Gasteiger partial charge in [0.1, 0.15) is 5.82 Å². The van der Waals surface area contributed by atoms with Gasteiger partial charge >= 0.3 is 0 Å². The summed E-state index contributed by atoms with van der Waals surface area (Å²) in [5.74, 6) is 1.18. The summed E-state index contributed by atoms with van der Waals surface area (Å²) in [4.78, 5) is 4.16. The molecule has 0 bridgehead atoms. The van der Waals surface area contributed by atoms with E-state index >= 15 is 0 Å². The highest BCUT2D eigenvalue weighted by atomic mass is 32.1. The first-order valence-corrected chi connectivity index (χ1v) is 3.56. The number of nitrogens with zero attached hydrogens (tertiary/aromatic N) is 2. The monoisotopic (exact) mass is 140 g/mol. The predicted molar refractivity (Wildman–Crippen MR) is 38.7 cm³/mol. The fourth-order valence-electron chi connectivity index (χ4n) is 1.20. The van der Waals surface area contributed by atoms with Gasteiger partial charge in [-0.2, -0.15) is 12.6 Å². The predicted octanol–water partition coefficient (Wildman–Crippen LogP) is 0.738. The van der Waals surface area contributed by atoms with E-state index in [0.29, 0.717) is 5.25 Å². The first kappa shape index (κ1) is 5.35. The normalized spacial score (nSPS) is 24.3. The average molecular weight is 140 g/mol. The highest BCUT2D eigenvalue weighted by Crippen LogP contribution is 2.16. The van der Waals surface area contributed by atoms with Gasteiger partial charge in [-0.25, -0.2) is 4.98 Å². The van der Waals surface area contributed by atoms with Crippen molar-refractivity contribution in [1.82, 2.24) is 9.55 Å². The maximum absolute atomic E-state index is 4.34. The van der Waals surface area contributed by atoms with Crippen LogP contribution in [0.5, 0.6) is 0 Å². The molecule has 0 aliphatic carbocycles. The molecule has 0 fully saturated rings. The van der Waals surface area contributed by atoms with Crippen LogP contribution >= 0.6 is 12.6 Å². The molecule has 0 radical (unpaired) electrons. The summed E-state index contributed by atoms with van der Waals surface area (Å²) in [6.07, 6.45) is 4.87. The molecule has 0 saturated carbocycles. The zero-order valence-corrected chi connectivity index (χ0v) is 5.88. The quantitative estimate of drug-likeness (QED) is 0.526. The van der Waals surface area contributed by atoms with Gasteiger partial charge in [0.05, 0.1) is 0 Å². The molecule has 2 heterocycles. The van der Waals surface area contributed by atoms with Crippen LogP contribution in [0, 0.1) is 0 Å². The van der Waals surface area contributed by atoms with Crippen LogP contribution in [0.1, 0.15) is 5.82 Å². The molecule has 1 aliphatic rings. The Kier molecular flexibility index (Phi) is 1.05. The molecule has 0 amide bonds. The maximum atomic E-state index is 4.34. The fourth-order valence-corrected chi connectivity index (χ4v) is 1.54. The Morgan fingerprint density at radius 2 is 2.67 bits per heavy atom. The minimum absolute atomic E-state index is 0.494. The Morgan fingerprint density at radius 3 is 3.44 bits per heavy atom. The topological polar surface area (TPSA) is 17.8 Å². The molecule has 0 N–H and O–H groups in total. The standard InChI is InChI=1S/C6H8N2S/c9-5-3-6-7-1-2-8(6)4-5/h1-2,5,9H,3-4H2/t5-/m0/s1. The second kappa shape index (κ2) is 1.77. The second-order valence-corrected chi connectivity index (χ2v) is 3.08. The number of rotatable bonds is 0. The lowest BCUT2D eigenvalue weighted by molar-refractivity contribution is 0.765. The van der Waals surface area contributed by atoms with Gasteiger partial charge in [0.25, 0.3) is 0 Å². The van der Waals surface area contributed by atoms with Crippen molar-refractivity contribution in [3.63, 3.8) is 0 Å². The van der Waals surface area contributed by atoms with E-state index in [2.05, 4.69) is 22.2 Å². The smallest absolute Gasteiger partial charge is 0.109 e. The summed E-state index contributed by atoms with van der Waals surface area (Å²) in [7, 11) is 0. The van der Waals surface area contributed by atoms with Crippen LogP contribution in [0.2, 0.25) is 0 Å². The van der Waals surface area contributed by atoms with Gasteiger partial charge < -0.3 is 4.57 Å². The Balaban J connectivity index is 2.39. The van der Waals surface area contributed by atoms with Crippen LogP contribution in [0.25, 0.3) is 0 Å². The Labute approximate surface area is 59.3 Å². The molecule has 0 aromatic carbocycles. The van der Waals surface area contributed by atoms with Crippen LogP contribution < -0.4 is 0 Å². The lowest BCUT2D eigenvalue weighted by atomic mass is 10.3. The SMILES string of the molecule is S[C@H]1Cc2nccn2C1. The fraction of sp³-hybridized carbons (Fsp3) is 0.500. The minimum atomic E-state index is 0.494. The number of hydrogen-bond donors (Lipinski definition) is 1. The van der Waals surface area contributed by atoms with Crippen LogP contribution in [-0.4, -0.2) is 14.8 Å². The average Bonchev–Trinajstić information content (AvgIpc) is 2.22. The molecule has 3 heteroatoms. The van der Waals surface area contributed by atoms with Gasteiger partial charge in [-0.1, -0.05) is 0 Å². The summed E-state index contributed by atoms with van der Waals surface area (Å²) in [5.41, 5.74) is 0. The van der Waals surface area contributed by atoms with E-state index in [4.69, 9.17) is 0 Å². The van der Waals surface area contributed by atoms with E-state index in [1.165, 1.54) is 5.82 Å². The van der Waals surface area contributed by atoms with Gasteiger partial charge in [-0.05, 0) is 0 Å². The molecule has 9 heavy (non-hydrogen) atoms. The summed E-state index contributed by atoms with van der Waals surface area (Å²) < 4.78 is 2.15. The van der Waals surface area contributed by atoms with Crippen LogP contribution in [-0.2, 0) is 13.0 Å². The molecular formula is C6H8N2S. The summed E-state index contributed by atoms with van der Waals surface area (Å²) >= 11 is 4.34. The van der Waals surface area contributed by atoms with Gasteiger partial charge in [0, 0.05) is 30.6 Å². The zero-order valence-electron chi connectivity index (χ0n) is 4.99. The number of thiol groups is 1. The van der Waals surface area contributed by atoms with E-state index in [1.54, 1.807) is 0 Å². The molecule has 1 aromatic heterocycles. The maximum Gasteiger partial charge on any atom is 0.109 e. The van der Waals surface area contributed by atoms with Crippen molar-refractivity contribution in [2.45, 2.75) is 18.2 Å². The van der Waals surface area contributed by atoms with E-state index in [1.807, 2.05) is 12.4 Å². The number of hydrogen-bond acceptors (Lipinski definition) is 2. The van der Waals surface area contributed by atoms with Crippen LogP contribution in [0.15, 0.2) is 12.4 Å². The molecular weight excluding hydrogens is 132 g/mol. The van der Waals surface area contributed by atoms with Crippen molar-refractivity contribution in [1.29, 1.82) is 0 Å². The first-order valence-electron chi connectivity index (χ1n) is 3.04. The number of imidazole rings is 1. The van der Waals surface area contributed by atoms with Crippen molar-refractivity contribution in [2.75, 3.05) is 0 Å². The zero-order chi connectivity index (χ0) is 6.27. The summed E-state index contributed by atoms with van der Waals surface area (Å²) in [5, 5.41) is 0.494. The van der Waals surface area contributed by atoms with Crippen molar-refractivity contribution in [3.8, 4) is 0 Å². The highest BCUT2D eigenvalue weighted by molar-refractivity contribution is 7.80. The molecule has 48 valence electrons. The summed E-state index contributed by atoms with van der Waals surface area (Å²) in [6.45, 7) is 1.03. The third-order valence-electron chi connectivity index (χ3n) is 1.63. The van der Waals surface area contributed by atoms with Crippen molar-refractivity contribution < 1.29 is 0 Å². The molecule has 0 spiro atoms. The number of fused-ring (bicyclic) bond motifs is 1. The highest BCUT2D eigenvalue weighted by Gasteiger charge is 2.17. The van der Waals surface area contributed by atoms with E-state index in [0.717, 1.165) is 13.0 Å². The van der Waals surface area contributed by atoms with Gasteiger partial charge in [0.2, 0.25) is 0 Å². The van der Waals surface area contributed by atoms with Crippen LogP contribution in [0.4, 0.5) is 0 Å². The minimum Gasteiger partial charge on any atom is -0.334 e. The van der Waals surface area contributed by atoms with Gasteiger partial charge in [0.15, 0.2) is 0 Å². The largest absolute Gasteiger partial charge is 0.334 e. The van der Waals surface area contributed by atoms with E-state index < -0.39 is 0 Å². The van der Waals surface area contributed by atoms with E-state index in [-0.39, 0.29) is 0 Å². The molecule has 0 saturated heterocycles. The Bertz CT molecular complexity index is 198. The Morgan fingerprint density at radius 1 is 1.78 bits per heavy atom. The molecule has 2 nitrogen and oxygen atoms in total. The van der Waals surface area contributed by atoms with Crippen LogP contribution in [0.3, 0.4) is 0 Å². The first-order chi connectivity index (χ1) is 4.36. The van der Waals surface area contributed by atoms with Crippen molar-refractivity contribution in [2.24, 2.45) is 0 Å². The molecule has 1 aromatic rings. The lowest BCUT2D eigenvalue weighted by Gasteiger charge is -1.94.